The topological polar surface area (TPSA) is 63.4 Å². The van der Waals surface area contributed by atoms with E-state index in [2.05, 4.69) is 0 Å². The Morgan fingerprint density at radius 3 is 2.42 bits per heavy atom. The largest absolute Gasteiger partial charge is 0.326 e. The van der Waals surface area contributed by atoms with Crippen molar-refractivity contribution in [2.75, 3.05) is 13.1 Å². The summed E-state index contributed by atoms with van der Waals surface area (Å²) >= 11 is 1.46. The van der Waals surface area contributed by atoms with E-state index in [1.54, 1.807) is 0 Å². The summed E-state index contributed by atoms with van der Waals surface area (Å²) in [7, 11) is -3.46. The van der Waals surface area contributed by atoms with Gasteiger partial charge in [-0.25, -0.2) is 8.42 Å². The third kappa shape index (κ3) is 2.41. The summed E-state index contributed by atoms with van der Waals surface area (Å²) in [5.74, 6) is 0. The minimum absolute atomic E-state index is 0.245. The molecule has 0 saturated carbocycles. The van der Waals surface area contributed by atoms with Gasteiger partial charge < -0.3 is 5.73 Å². The van der Waals surface area contributed by atoms with Gasteiger partial charge in [-0.05, 0) is 6.07 Å². The Labute approximate surface area is 117 Å². The molecule has 2 aromatic rings. The Kier molecular flexibility index (Phi) is 4.25. The molecule has 4 nitrogen and oxygen atoms in total. The van der Waals surface area contributed by atoms with Crippen molar-refractivity contribution in [1.29, 1.82) is 0 Å². The summed E-state index contributed by atoms with van der Waals surface area (Å²) in [6.45, 7) is 4.87. The number of nitrogens with zero attached hydrogens (tertiary/aromatic N) is 1. The van der Waals surface area contributed by atoms with Gasteiger partial charge in [-0.2, -0.15) is 4.31 Å². The fourth-order valence-corrected chi connectivity index (χ4v) is 5.43. The first kappa shape index (κ1) is 14.5. The fraction of sp³-hybridized carbons (Fsp3) is 0.385. The Morgan fingerprint density at radius 2 is 1.84 bits per heavy atom. The molecule has 0 aliphatic rings. The Hall–Kier alpha value is -0.950. The SMILES string of the molecule is CCN(CC)S(=O)(=O)c1c(CN)sc2ccccc12. The van der Waals surface area contributed by atoms with E-state index in [1.165, 1.54) is 15.6 Å². The maximum Gasteiger partial charge on any atom is 0.244 e. The first-order chi connectivity index (χ1) is 9.06. The van der Waals surface area contributed by atoms with Crippen molar-refractivity contribution in [2.24, 2.45) is 5.73 Å². The van der Waals surface area contributed by atoms with Crippen LogP contribution < -0.4 is 5.73 Å². The van der Waals surface area contributed by atoms with Gasteiger partial charge in [0.1, 0.15) is 4.90 Å². The molecule has 0 spiro atoms. The van der Waals surface area contributed by atoms with Crippen LogP contribution in [0.15, 0.2) is 29.2 Å². The molecule has 1 aromatic carbocycles. The smallest absolute Gasteiger partial charge is 0.244 e. The van der Waals surface area contributed by atoms with E-state index >= 15 is 0 Å². The maximum atomic E-state index is 12.7. The molecule has 2 N–H and O–H groups in total. The zero-order chi connectivity index (χ0) is 14.0. The van der Waals surface area contributed by atoms with Crippen molar-refractivity contribution < 1.29 is 8.42 Å². The van der Waals surface area contributed by atoms with Crippen molar-refractivity contribution in [3.63, 3.8) is 0 Å². The highest BCUT2D eigenvalue weighted by Gasteiger charge is 2.28. The normalized spacial score (nSPS) is 12.4. The average molecular weight is 298 g/mol. The number of benzene rings is 1. The van der Waals surface area contributed by atoms with Gasteiger partial charge >= 0.3 is 0 Å². The third-order valence-corrected chi connectivity index (χ3v) is 6.61. The van der Waals surface area contributed by atoms with Crippen molar-refractivity contribution in [3.05, 3.63) is 29.1 Å². The Balaban J connectivity index is 2.73. The van der Waals surface area contributed by atoms with Gasteiger partial charge in [0, 0.05) is 34.6 Å². The van der Waals surface area contributed by atoms with Gasteiger partial charge in [-0.1, -0.05) is 32.0 Å². The maximum absolute atomic E-state index is 12.7. The third-order valence-electron chi connectivity index (χ3n) is 3.11. The van der Waals surface area contributed by atoms with Crippen LogP contribution in [0.25, 0.3) is 10.1 Å². The van der Waals surface area contributed by atoms with E-state index in [9.17, 15) is 8.42 Å². The molecular weight excluding hydrogens is 280 g/mol. The predicted octanol–water partition coefficient (Wildman–Crippen LogP) is 2.39. The molecule has 1 heterocycles. The second kappa shape index (κ2) is 5.58. The lowest BCUT2D eigenvalue weighted by atomic mass is 10.2. The second-order valence-corrected chi connectivity index (χ2v) is 7.16. The van der Waals surface area contributed by atoms with E-state index in [0.29, 0.717) is 18.0 Å². The van der Waals surface area contributed by atoms with Crippen LogP contribution in [-0.4, -0.2) is 25.8 Å². The van der Waals surface area contributed by atoms with Crippen LogP contribution in [0.2, 0.25) is 0 Å². The number of fused-ring (bicyclic) bond motifs is 1. The molecule has 0 aliphatic heterocycles. The summed E-state index contributed by atoms with van der Waals surface area (Å²) in [5.41, 5.74) is 5.72. The van der Waals surface area contributed by atoms with E-state index in [4.69, 9.17) is 5.73 Å². The van der Waals surface area contributed by atoms with Gasteiger partial charge in [0.15, 0.2) is 0 Å². The van der Waals surface area contributed by atoms with Crippen LogP contribution in [-0.2, 0) is 16.6 Å². The van der Waals surface area contributed by atoms with Crippen LogP contribution >= 0.6 is 11.3 Å². The average Bonchev–Trinajstić information content (AvgIpc) is 2.78. The molecule has 0 aliphatic carbocycles. The van der Waals surface area contributed by atoms with E-state index in [1.807, 2.05) is 38.1 Å². The van der Waals surface area contributed by atoms with Crippen LogP contribution in [0.1, 0.15) is 18.7 Å². The predicted molar refractivity (Wildman–Crippen MR) is 79.8 cm³/mol. The molecule has 2 rings (SSSR count). The summed E-state index contributed by atoms with van der Waals surface area (Å²) in [5, 5.41) is 0.778. The summed E-state index contributed by atoms with van der Waals surface area (Å²) in [6.07, 6.45) is 0. The highest BCUT2D eigenvalue weighted by Crippen LogP contribution is 2.35. The minimum Gasteiger partial charge on any atom is -0.326 e. The summed E-state index contributed by atoms with van der Waals surface area (Å²) in [6, 6.07) is 7.55. The fourth-order valence-electron chi connectivity index (χ4n) is 2.18. The Bertz CT molecular complexity index is 673. The van der Waals surface area contributed by atoms with Crippen LogP contribution in [0.3, 0.4) is 0 Å². The lowest BCUT2D eigenvalue weighted by molar-refractivity contribution is 0.445. The minimum atomic E-state index is -3.46. The molecule has 1 aromatic heterocycles. The van der Waals surface area contributed by atoms with Crippen molar-refractivity contribution in [3.8, 4) is 0 Å². The van der Waals surface area contributed by atoms with Crippen LogP contribution in [0.5, 0.6) is 0 Å². The number of hydrogen-bond acceptors (Lipinski definition) is 4. The van der Waals surface area contributed by atoms with E-state index in [-0.39, 0.29) is 6.54 Å². The molecule has 0 saturated heterocycles. The van der Waals surface area contributed by atoms with E-state index in [0.717, 1.165) is 15.0 Å². The zero-order valence-corrected chi connectivity index (χ0v) is 12.7. The van der Waals surface area contributed by atoms with Gasteiger partial charge in [0.05, 0.1) is 0 Å². The quantitative estimate of drug-likeness (QED) is 0.922. The number of sulfonamides is 1. The number of nitrogens with two attached hydrogens (primary N) is 1. The first-order valence-electron chi connectivity index (χ1n) is 6.26. The molecule has 0 fully saturated rings. The standard InChI is InChI=1S/C13H18N2O2S2/c1-3-15(4-2)19(16,17)13-10-7-5-6-8-11(10)18-12(13)9-14/h5-8H,3-4,9,14H2,1-2H3. The highest BCUT2D eigenvalue weighted by molar-refractivity contribution is 7.89. The van der Waals surface area contributed by atoms with Crippen molar-refractivity contribution in [1.82, 2.24) is 4.31 Å². The highest BCUT2D eigenvalue weighted by atomic mass is 32.2. The molecule has 0 bridgehead atoms. The molecule has 0 unspecified atom stereocenters. The van der Waals surface area contributed by atoms with Gasteiger partial charge in [-0.3, -0.25) is 0 Å². The first-order valence-corrected chi connectivity index (χ1v) is 8.52. The van der Waals surface area contributed by atoms with Crippen LogP contribution in [0, 0.1) is 0 Å². The molecular formula is C13H18N2O2S2. The number of rotatable bonds is 5. The molecule has 104 valence electrons. The number of hydrogen-bond donors (Lipinski definition) is 1. The summed E-state index contributed by atoms with van der Waals surface area (Å²) in [4.78, 5) is 1.12. The lowest BCUT2D eigenvalue weighted by Gasteiger charge is -2.18. The molecule has 0 amide bonds. The van der Waals surface area contributed by atoms with Gasteiger partial charge in [0.25, 0.3) is 0 Å². The molecule has 6 heteroatoms. The van der Waals surface area contributed by atoms with Crippen molar-refractivity contribution in [2.45, 2.75) is 25.3 Å². The van der Waals surface area contributed by atoms with Crippen LogP contribution in [0.4, 0.5) is 0 Å². The zero-order valence-electron chi connectivity index (χ0n) is 11.1. The van der Waals surface area contributed by atoms with Gasteiger partial charge in [0.2, 0.25) is 10.0 Å². The lowest BCUT2D eigenvalue weighted by Crippen LogP contribution is -2.31. The number of thiophene rings is 1. The molecule has 0 radical (unpaired) electrons. The van der Waals surface area contributed by atoms with E-state index < -0.39 is 10.0 Å². The van der Waals surface area contributed by atoms with Crippen molar-refractivity contribution >= 4 is 31.4 Å². The monoisotopic (exact) mass is 298 g/mol. The Morgan fingerprint density at radius 1 is 1.21 bits per heavy atom. The molecule has 0 atom stereocenters. The molecule has 19 heavy (non-hydrogen) atoms. The van der Waals surface area contributed by atoms with Gasteiger partial charge in [-0.15, -0.1) is 11.3 Å². The summed E-state index contributed by atoms with van der Waals surface area (Å²) < 4.78 is 27.9. The second-order valence-electron chi connectivity index (χ2n) is 4.14.